The third-order valence-electron chi connectivity index (χ3n) is 3.25. The fourth-order valence-electron chi connectivity index (χ4n) is 2.09. The number of nitrogens with zero attached hydrogens (tertiary/aromatic N) is 3. The van der Waals surface area contributed by atoms with E-state index in [2.05, 4.69) is 15.1 Å². The first kappa shape index (κ1) is 10.5. The van der Waals surface area contributed by atoms with Crippen molar-refractivity contribution >= 4 is 11.0 Å². The molecule has 6 nitrogen and oxygen atoms in total. The van der Waals surface area contributed by atoms with Gasteiger partial charge in [-0.3, -0.25) is 4.79 Å². The molecule has 2 aromatic heterocycles. The van der Waals surface area contributed by atoms with Gasteiger partial charge in [0.1, 0.15) is 11.2 Å². The molecule has 17 heavy (non-hydrogen) atoms. The minimum absolute atomic E-state index is 0.127. The smallest absolute Gasteiger partial charge is 0.262 e. The van der Waals surface area contributed by atoms with Crippen LogP contribution in [0.4, 0.5) is 0 Å². The molecule has 0 atom stereocenters. The molecule has 1 aliphatic carbocycles. The van der Waals surface area contributed by atoms with Gasteiger partial charge in [0.25, 0.3) is 5.56 Å². The number of fused-ring (bicyclic) bond motifs is 1. The van der Waals surface area contributed by atoms with E-state index in [9.17, 15) is 4.79 Å². The van der Waals surface area contributed by atoms with Crippen molar-refractivity contribution in [2.24, 2.45) is 5.73 Å². The van der Waals surface area contributed by atoms with Gasteiger partial charge < -0.3 is 10.7 Å². The van der Waals surface area contributed by atoms with E-state index in [1.165, 1.54) is 0 Å². The molecular weight excluding hydrogens is 218 g/mol. The van der Waals surface area contributed by atoms with Gasteiger partial charge in [0.2, 0.25) is 0 Å². The molecule has 0 amide bonds. The molecule has 3 N–H and O–H groups in total. The van der Waals surface area contributed by atoms with Crippen LogP contribution in [0.2, 0.25) is 0 Å². The van der Waals surface area contributed by atoms with E-state index in [4.69, 9.17) is 5.73 Å². The molecule has 0 unspecified atom stereocenters. The Morgan fingerprint density at radius 1 is 1.47 bits per heavy atom. The average molecular weight is 233 g/mol. The van der Waals surface area contributed by atoms with Crippen LogP contribution < -0.4 is 11.3 Å². The Morgan fingerprint density at radius 3 is 2.82 bits per heavy atom. The predicted octanol–water partition coefficient (Wildman–Crippen LogP) is 0.228. The molecule has 0 bridgehead atoms. The van der Waals surface area contributed by atoms with Gasteiger partial charge in [-0.25, -0.2) is 9.67 Å². The predicted molar refractivity (Wildman–Crippen MR) is 63.8 cm³/mol. The van der Waals surface area contributed by atoms with E-state index in [0.29, 0.717) is 29.1 Å². The zero-order valence-corrected chi connectivity index (χ0v) is 9.95. The monoisotopic (exact) mass is 233 g/mol. The Kier molecular flexibility index (Phi) is 1.95. The molecular formula is C11H15N5O. The molecule has 1 saturated carbocycles. The SMILES string of the molecule is Cc1nc2c(c(C)nn2CC2(N)CC2)c(=O)[nH]1. The summed E-state index contributed by atoms with van der Waals surface area (Å²) in [6, 6.07) is 0. The largest absolute Gasteiger partial charge is 0.324 e. The maximum Gasteiger partial charge on any atom is 0.262 e. The van der Waals surface area contributed by atoms with Crippen molar-refractivity contribution in [1.82, 2.24) is 19.7 Å². The van der Waals surface area contributed by atoms with E-state index in [0.717, 1.165) is 12.8 Å². The van der Waals surface area contributed by atoms with Crippen LogP contribution in [0.1, 0.15) is 24.4 Å². The fourth-order valence-corrected chi connectivity index (χ4v) is 2.09. The van der Waals surface area contributed by atoms with Crippen LogP contribution in [-0.2, 0) is 6.54 Å². The lowest BCUT2D eigenvalue weighted by atomic mass is 10.3. The quantitative estimate of drug-likeness (QED) is 0.776. The molecule has 0 aromatic carbocycles. The Bertz CT molecular complexity index is 650. The van der Waals surface area contributed by atoms with Gasteiger partial charge in [-0.05, 0) is 26.7 Å². The second-order valence-electron chi connectivity index (χ2n) is 4.96. The van der Waals surface area contributed by atoms with E-state index >= 15 is 0 Å². The lowest BCUT2D eigenvalue weighted by Gasteiger charge is -2.08. The number of rotatable bonds is 2. The standard InChI is InChI=1S/C11H15N5O/c1-6-8-9(13-7(2)14-10(8)17)16(15-6)5-11(12)3-4-11/h3-5,12H2,1-2H3,(H,13,14,17). The molecule has 6 heteroatoms. The van der Waals surface area contributed by atoms with Crippen molar-refractivity contribution in [3.8, 4) is 0 Å². The molecule has 90 valence electrons. The summed E-state index contributed by atoms with van der Waals surface area (Å²) in [6.45, 7) is 4.22. The molecule has 3 rings (SSSR count). The van der Waals surface area contributed by atoms with Gasteiger partial charge in [0.05, 0.1) is 12.2 Å². The number of aromatic nitrogens is 4. The van der Waals surface area contributed by atoms with Crippen molar-refractivity contribution < 1.29 is 0 Å². The van der Waals surface area contributed by atoms with Crippen LogP contribution >= 0.6 is 0 Å². The minimum Gasteiger partial charge on any atom is -0.324 e. The van der Waals surface area contributed by atoms with Crippen LogP contribution in [0.25, 0.3) is 11.0 Å². The van der Waals surface area contributed by atoms with Crippen LogP contribution in [0.3, 0.4) is 0 Å². The van der Waals surface area contributed by atoms with Crippen molar-refractivity contribution in [3.63, 3.8) is 0 Å². The van der Waals surface area contributed by atoms with Gasteiger partial charge in [-0.2, -0.15) is 5.10 Å². The summed E-state index contributed by atoms with van der Waals surface area (Å²) in [6.07, 6.45) is 2.02. The summed E-state index contributed by atoms with van der Waals surface area (Å²) in [5, 5.41) is 4.94. The average Bonchev–Trinajstić information content (AvgIpc) is 2.85. The normalized spacial score (nSPS) is 17.6. The molecule has 1 fully saturated rings. The highest BCUT2D eigenvalue weighted by atomic mass is 16.1. The molecule has 2 aromatic rings. The van der Waals surface area contributed by atoms with E-state index in [1.54, 1.807) is 11.6 Å². The highest BCUT2D eigenvalue weighted by molar-refractivity contribution is 5.76. The maximum atomic E-state index is 11.8. The van der Waals surface area contributed by atoms with Gasteiger partial charge in [0, 0.05) is 5.54 Å². The lowest BCUT2D eigenvalue weighted by molar-refractivity contribution is 0.507. The Labute approximate surface area is 97.8 Å². The number of nitrogens with two attached hydrogens (primary N) is 1. The van der Waals surface area contributed by atoms with Crippen LogP contribution in [0, 0.1) is 13.8 Å². The van der Waals surface area contributed by atoms with Crippen molar-refractivity contribution in [3.05, 3.63) is 21.9 Å². The van der Waals surface area contributed by atoms with Crippen molar-refractivity contribution in [1.29, 1.82) is 0 Å². The summed E-state index contributed by atoms with van der Waals surface area (Å²) in [5.74, 6) is 0.602. The minimum atomic E-state index is -0.149. The molecule has 1 aliphatic rings. The Morgan fingerprint density at radius 2 is 2.18 bits per heavy atom. The summed E-state index contributed by atoms with van der Waals surface area (Å²) in [5.41, 5.74) is 7.15. The van der Waals surface area contributed by atoms with Gasteiger partial charge in [-0.1, -0.05) is 0 Å². The number of aromatic amines is 1. The third-order valence-corrected chi connectivity index (χ3v) is 3.25. The second kappa shape index (κ2) is 3.16. The van der Waals surface area contributed by atoms with E-state index in [-0.39, 0.29) is 11.1 Å². The topological polar surface area (TPSA) is 89.6 Å². The van der Waals surface area contributed by atoms with Crippen LogP contribution in [0.15, 0.2) is 4.79 Å². The van der Waals surface area contributed by atoms with Crippen LogP contribution in [-0.4, -0.2) is 25.3 Å². The lowest BCUT2D eigenvalue weighted by Crippen LogP contribution is -2.29. The number of aryl methyl sites for hydroxylation is 2. The zero-order chi connectivity index (χ0) is 12.2. The maximum absolute atomic E-state index is 11.8. The summed E-state index contributed by atoms with van der Waals surface area (Å²) >= 11 is 0. The molecule has 2 heterocycles. The van der Waals surface area contributed by atoms with Gasteiger partial charge >= 0.3 is 0 Å². The molecule has 0 radical (unpaired) electrons. The zero-order valence-electron chi connectivity index (χ0n) is 9.95. The van der Waals surface area contributed by atoms with Crippen LogP contribution in [0.5, 0.6) is 0 Å². The molecule has 0 saturated heterocycles. The van der Waals surface area contributed by atoms with Crippen molar-refractivity contribution in [2.75, 3.05) is 0 Å². The number of H-pyrrole nitrogens is 1. The third kappa shape index (κ3) is 1.64. The second-order valence-corrected chi connectivity index (χ2v) is 4.96. The molecule has 0 spiro atoms. The first-order valence-corrected chi connectivity index (χ1v) is 5.71. The first-order chi connectivity index (χ1) is 7.98. The van der Waals surface area contributed by atoms with E-state index < -0.39 is 0 Å². The first-order valence-electron chi connectivity index (χ1n) is 5.71. The van der Waals surface area contributed by atoms with Gasteiger partial charge in [-0.15, -0.1) is 0 Å². The summed E-state index contributed by atoms with van der Waals surface area (Å²) < 4.78 is 1.76. The summed E-state index contributed by atoms with van der Waals surface area (Å²) in [7, 11) is 0. The molecule has 0 aliphatic heterocycles. The highest BCUT2D eigenvalue weighted by Gasteiger charge is 2.39. The number of nitrogens with one attached hydrogen (secondary N) is 1. The Hall–Kier alpha value is -1.69. The van der Waals surface area contributed by atoms with Gasteiger partial charge in [0.15, 0.2) is 5.65 Å². The Balaban J connectivity index is 2.22. The van der Waals surface area contributed by atoms with Crippen molar-refractivity contribution in [2.45, 2.75) is 38.8 Å². The number of hydrogen-bond acceptors (Lipinski definition) is 4. The fraction of sp³-hybridized carbons (Fsp3) is 0.545. The highest BCUT2D eigenvalue weighted by Crippen LogP contribution is 2.34. The van der Waals surface area contributed by atoms with E-state index in [1.807, 2.05) is 6.92 Å². The summed E-state index contributed by atoms with van der Waals surface area (Å²) in [4.78, 5) is 18.9. The number of hydrogen-bond donors (Lipinski definition) is 2.